The van der Waals surface area contributed by atoms with E-state index in [1.807, 2.05) is 30.6 Å². The van der Waals surface area contributed by atoms with Gasteiger partial charge in [0.1, 0.15) is 0 Å². The van der Waals surface area contributed by atoms with Gasteiger partial charge in [-0.2, -0.15) is 0 Å². The number of hydrogen-bond acceptors (Lipinski definition) is 2. The van der Waals surface area contributed by atoms with Gasteiger partial charge in [0.15, 0.2) is 0 Å². The lowest BCUT2D eigenvalue weighted by atomic mass is 9.95. The molecule has 7 aromatic rings. The number of nitrogens with zero attached hydrogens (tertiary/aromatic N) is 4. The van der Waals surface area contributed by atoms with E-state index in [4.69, 9.17) is 9.97 Å². The molecule has 0 radical (unpaired) electrons. The van der Waals surface area contributed by atoms with Crippen molar-refractivity contribution >= 4 is 32.7 Å². The van der Waals surface area contributed by atoms with E-state index in [0.29, 0.717) is 5.95 Å². The van der Waals surface area contributed by atoms with Crippen molar-refractivity contribution in [3.8, 4) is 22.8 Å². The minimum absolute atomic E-state index is 0.692. The van der Waals surface area contributed by atoms with Crippen molar-refractivity contribution in [1.29, 1.82) is 0 Å². The van der Waals surface area contributed by atoms with E-state index in [1.165, 1.54) is 51.5 Å². The maximum absolute atomic E-state index is 4.87. The van der Waals surface area contributed by atoms with Crippen molar-refractivity contribution in [1.82, 2.24) is 19.1 Å². The summed E-state index contributed by atoms with van der Waals surface area (Å²) in [6.45, 7) is 0. The fourth-order valence-electron chi connectivity index (χ4n) is 6.37. The molecule has 38 heavy (non-hydrogen) atoms. The van der Waals surface area contributed by atoms with E-state index < -0.39 is 0 Å². The second-order valence-electron chi connectivity index (χ2n) is 10.1. The van der Waals surface area contributed by atoms with Crippen LogP contribution in [0.2, 0.25) is 0 Å². The molecular formula is C34H26N4. The molecule has 4 heteroatoms. The van der Waals surface area contributed by atoms with Crippen LogP contribution in [0.15, 0.2) is 109 Å². The smallest absolute Gasteiger partial charge is 0.234 e. The van der Waals surface area contributed by atoms with E-state index in [-0.39, 0.29) is 0 Å². The highest BCUT2D eigenvalue weighted by Crippen LogP contribution is 2.42. The Labute approximate surface area is 220 Å². The predicted octanol–water partition coefficient (Wildman–Crippen LogP) is 8.06. The minimum Gasteiger partial charge on any atom is -0.313 e. The van der Waals surface area contributed by atoms with Crippen LogP contribution in [-0.4, -0.2) is 19.1 Å². The molecule has 0 aliphatic heterocycles. The summed E-state index contributed by atoms with van der Waals surface area (Å²) in [4.78, 5) is 9.74. The first-order valence-corrected chi connectivity index (χ1v) is 13.4. The van der Waals surface area contributed by atoms with Gasteiger partial charge in [-0.1, -0.05) is 72.8 Å². The first-order valence-electron chi connectivity index (χ1n) is 13.4. The summed E-state index contributed by atoms with van der Waals surface area (Å²) in [7, 11) is 0. The molecule has 1 aliphatic rings. The molecule has 4 nitrogen and oxygen atoms in total. The molecule has 0 saturated heterocycles. The molecule has 0 atom stereocenters. The average molecular weight is 491 g/mol. The van der Waals surface area contributed by atoms with Gasteiger partial charge in [0.05, 0.1) is 16.6 Å². The molecule has 0 amide bonds. The normalized spacial score (nSPS) is 13.4. The molecule has 182 valence electrons. The van der Waals surface area contributed by atoms with E-state index in [9.17, 15) is 0 Å². The summed E-state index contributed by atoms with van der Waals surface area (Å²) in [5.74, 6) is 0.692. The topological polar surface area (TPSA) is 35.6 Å². The molecule has 0 N–H and O–H groups in total. The monoisotopic (exact) mass is 490 g/mol. The van der Waals surface area contributed by atoms with Gasteiger partial charge in [-0.05, 0) is 61.1 Å². The highest BCUT2D eigenvalue weighted by Gasteiger charge is 2.25. The molecule has 3 heterocycles. The molecule has 0 saturated carbocycles. The van der Waals surface area contributed by atoms with Crippen LogP contribution in [0.4, 0.5) is 0 Å². The van der Waals surface area contributed by atoms with Crippen LogP contribution in [0.1, 0.15) is 24.1 Å². The van der Waals surface area contributed by atoms with Crippen LogP contribution in [-0.2, 0) is 12.8 Å². The van der Waals surface area contributed by atoms with Gasteiger partial charge < -0.3 is 4.57 Å². The summed E-state index contributed by atoms with van der Waals surface area (Å²) in [5, 5.41) is 3.88. The van der Waals surface area contributed by atoms with Gasteiger partial charge in [0.25, 0.3) is 0 Å². The molecule has 4 aromatic carbocycles. The SMILES string of the molecule is c1ccc(-c2cnc(-n3c4ccccc4c4c5c(ccc43)c3c(n5-c4ccccc4)CCCC3)nc2)cc1. The third kappa shape index (κ3) is 3.10. The van der Waals surface area contributed by atoms with Gasteiger partial charge in [-0.15, -0.1) is 0 Å². The number of aromatic nitrogens is 4. The highest BCUT2D eigenvalue weighted by molar-refractivity contribution is 6.21. The Balaban J connectivity index is 1.45. The van der Waals surface area contributed by atoms with E-state index in [1.54, 1.807) is 0 Å². The zero-order valence-electron chi connectivity index (χ0n) is 21.0. The molecule has 1 aliphatic carbocycles. The molecule has 0 unspecified atom stereocenters. The Morgan fingerprint density at radius 1 is 0.553 bits per heavy atom. The van der Waals surface area contributed by atoms with Crippen molar-refractivity contribution in [3.63, 3.8) is 0 Å². The second-order valence-corrected chi connectivity index (χ2v) is 10.1. The molecule has 8 rings (SSSR count). The maximum Gasteiger partial charge on any atom is 0.234 e. The maximum atomic E-state index is 4.87. The van der Waals surface area contributed by atoms with Crippen LogP contribution >= 0.6 is 0 Å². The summed E-state index contributed by atoms with van der Waals surface area (Å²) < 4.78 is 4.75. The quantitative estimate of drug-likeness (QED) is 0.251. The number of benzene rings is 4. The fourth-order valence-corrected chi connectivity index (χ4v) is 6.37. The fraction of sp³-hybridized carbons (Fsp3) is 0.118. The third-order valence-corrected chi connectivity index (χ3v) is 8.03. The van der Waals surface area contributed by atoms with Crippen molar-refractivity contribution in [2.24, 2.45) is 0 Å². The third-order valence-electron chi connectivity index (χ3n) is 8.03. The standard InChI is InChI=1S/C34H26N4/c1-3-11-23(12-4-1)24-21-35-34(36-22-24)38-30-18-10-8-16-28(30)32-31(38)20-19-27-26-15-7-9-17-29(26)37(33(27)32)25-13-5-2-6-14-25/h1-6,8,10-14,16,18-22H,7,9,15,17H2. The summed E-state index contributed by atoms with van der Waals surface area (Å²) in [6.07, 6.45) is 8.61. The zero-order valence-corrected chi connectivity index (χ0v) is 21.0. The van der Waals surface area contributed by atoms with Gasteiger partial charge >= 0.3 is 0 Å². The Morgan fingerprint density at radius 2 is 1.26 bits per heavy atom. The number of hydrogen-bond donors (Lipinski definition) is 0. The Kier molecular flexibility index (Phi) is 4.74. The lowest BCUT2D eigenvalue weighted by molar-refractivity contribution is 0.667. The Morgan fingerprint density at radius 3 is 2.08 bits per heavy atom. The molecule has 0 spiro atoms. The zero-order chi connectivity index (χ0) is 25.1. The van der Waals surface area contributed by atoms with Crippen molar-refractivity contribution in [3.05, 3.63) is 121 Å². The summed E-state index contributed by atoms with van der Waals surface area (Å²) in [5.41, 5.74) is 9.91. The predicted molar refractivity (Wildman–Crippen MR) is 155 cm³/mol. The molecule has 0 fully saturated rings. The minimum atomic E-state index is 0.692. The molecule has 3 aromatic heterocycles. The molecular weight excluding hydrogens is 464 g/mol. The van der Waals surface area contributed by atoms with Gasteiger partial charge in [-0.3, -0.25) is 4.57 Å². The first kappa shape index (κ1) is 21.4. The van der Waals surface area contributed by atoms with Gasteiger partial charge in [0.2, 0.25) is 5.95 Å². The van der Waals surface area contributed by atoms with Crippen LogP contribution in [0.5, 0.6) is 0 Å². The molecule has 0 bridgehead atoms. The van der Waals surface area contributed by atoms with Gasteiger partial charge in [-0.25, -0.2) is 9.97 Å². The highest BCUT2D eigenvalue weighted by atomic mass is 15.2. The second kappa shape index (κ2) is 8.42. The summed E-state index contributed by atoms with van der Waals surface area (Å²) in [6, 6.07) is 34.4. The number of para-hydroxylation sites is 2. The van der Waals surface area contributed by atoms with Crippen LogP contribution in [0.25, 0.3) is 55.5 Å². The van der Waals surface area contributed by atoms with Gasteiger partial charge in [0, 0.05) is 45.5 Å². The number of fused-ring (bicyclic) bond motifs is 7. The lowest BCUT2D eigenvalue weighted by Gasteiger charge is -2.16. The largest absolute Gasteiger partial charge is 0.313 e. The van der Waals surface area contributed by atoms with Crippen LogP contribution in [0, 0.1) is 0 Å². The summed E-state index contributed by atoms with van der Waals surface area (Å²) >= 11 is 0. The first-order chi connectivity index (χ1) is 18.9. The Bertz CT molecular complexity index is 1950. The Hall–Kier alpha value is -4.70. The van der Waals surface area contributed by atoms with Crippen molar-refractivity contribution in [2.75, 3.05) is 0 Å². The van der Waals surface area contributed by atoms with Crippen LogP contribution in [0.3, 0.4) is 0 Å². The lowest BCUT2D eigenvalue weighted by Crippen LogP contribution is -2.06. The van der Waals surface area contributed by atoms with E-state index in [2.05, 4.69) is 88.0 Å². The number of aryl methyl sites for hydroxylation is 1. The van der Waals surface area contributed by atoms with Crippen LogP contribution < -0.4 is 0 Å². The number of rotatable bonds is 3. The average Bonchev–Trinajstić information content (AvgIpc) is 3.51. The van der Waals surface area contributed by atoms with Crippen molar-refractivity contribution < 1.29 is 0 Å². The van der Waals surface area contributed by atoms with Crippen molar-refractivity contribution in [2.45, 2.75) is 25.7 Å². The van der Waals surface area contributed by atoms with E-state index in [0.717, 1.165) is 35.0 Å². The van der Waals surface area contributed by atoms with E-state index >= 15 is 0 Å².